The first-order chi connectivity index (χ1) is 10.3. The molecule has 0 spiro atoms. The van der Waals surface area contributed by atoms with Crippen LogP contribution >= 0.6 is 0 Å². The molecule has 4 heteroatoms. The molecule has 0 bridgehead atoms. The third-order valence-electron chi connectivity index (χ3n) is 4.48. The topological polar surface area (TPSA) is 52.6 Å². The molecule has 2 atom stereocenters. The van der Waals surface area contributed by atoms with Crippen molar-refractivity contribution in [3.05, 3.63) is 29.8 Å². The Kier molecular flexibility index (Phi) is 5.12. The van der Waals surface area contributed by atoms with Gasteiger partial charge in [0.05, 0.1) is 6.10 Å². The van der Waals surface area contributed by atoms with Crippen molar-refractivity contribution >= 4 is 11.6 Å². The summed E-state index contributed by atoms with van der Waals surface area (Å²) in [5.74, 6) is 0.00538. The molecule has 4 nitrogen and oxygen atoms in total. The first kappa shape index (κ1) is 16.8. The summed E-state index contributed by atoms with van der Waals surface area (Å²) in [6.45, 7) is 9.88. The fourth-order valence-electron chi connectivity index (χ4n) is 2.53. The summed E-state index contributed by atoms with van der Waals surface area (Å²) in [5, 5.41) is 13.2. The number of nitrogens with zero attached hydrogens (tertiary/aromatic N) is 1. The van der Waals surface area contributed by atoms with Crippen molar-refractivity contribution in [3.63, 3.8) is 0 Å². The Morgan fingerprint density at radius 3 is 2.77 bits per heavy atom. The molecule has 0 saturated carbocycles. The van der Waals surface area contributed by atoms with E-state index in [2.05, 4.69) is 33.0 Å². The van der Waals surface area contributed by atoms with Crippen LogP contribution in [0.2, 0.25) is 0 Å². The van der Waals surface area contributed by atoms with E-state index in [0.717, 1.165) is 25.1 Å². The first-order valence-electron chi connectivity index (χ1n) is 8.11. The van der Waals surface area contributed by atoms with Crippen LogP contribution in [0.3, 0.4) is 0 Å². The maximum Gasteiger partial charge on any atom is 0.254 e. The quantitative estimate of drug-likeness (QED) is 0.902. The second kappa shape index (κ2) is 6.69. The van der Waals surface area contributed by atoms with Gasteiger partial charge in [-0.05, 0) is 43.4 Å². The Labute approximate surface area is 133 Å². The van der Waals surface area contributed by atoms with Crippen LogP contribution in [0.4, 0.5) is 5.69 Å². The van der Waals surface area contributed by atoms with Crippen LogP contribution in [0.5, 0.6) is 0 Å². The number of likely N-dealkylation sites (tertiary alicyclic amines) is 1. The van der Waals surface area contributed by atoms with Crippen molar-refractivity contribution < 1.29 is 9.90 Å². The Morgan fingerprint density at radius 1 is 1.41 bits per heavy atom. The number of anilines is 1. The highest BCUT2D eigenvalue weighted by Gasteiger charge is 2.24. The lowest BCUT2D eigenvalue weighted by Crippen LogP contribution is -2.42. The molecule has 2 unspecified atom stereocenters. The number of β-amino-alcohol motifs (C(OH)–C–C–N with tert-alkyl or cyclic N) is 1. The molecule has 1 saturated heterocycles. The molecule has 1 amide bonds. The maximum absolute atomic E-state index is 12.6. The van der Waals surface area contributed by atoms with Crippen molar-refractivity contribution in [3.8, 4) is 0 Å². The average Bonchev–Trinajstić information content (AvgIpc) is 2.46. The van der Waals surface area contributed by atoms with Gasteiger partial charge in [-0.15, -0.1) is 0 Å². The second-order valence-corrected chi connectivity index (χ2v) is 7.36. The molecule has 0 aromatic heterocycles. The normalized spacial score (nSPS) is 20.6. The zero-order valence-corrected chi connectivity index (χ0v) is 14.1. The van der Waals surface area contributed by atoms with Crippen molar-refractivity contribution in [2.24, 2.45) is 5.41 Å². The molecule has 2 rings (SSSR count). The summed E-state index contributed by atoms with van der Waals surface area (Å²) in [6.07, 6.45) is 1.26. The SMILES string of the molecule is CC(Nc1cccc(C(=O)N2CCCC(O)C2)c1)C(C)(C)C. The lowest BCUT2D eigenvalue weighted by Gasteiger charge is -2.31. The van der Waals surface area contributed by atoms with Crippen LogP contribution in [0.1, 0.15) is 50.9 Å². The predicted molar refractivity (Wildman–Crippen MR) is 90.1 cm³/mol. The molecule has 0 radical (unpaired) electrons. The van der Waals surface area contributed by atoms with Gasteiger partial charge in [0, 0.05) is 30.4 Å². The van der Waals surface area contributed by atoms with Gasteiger partial charge in [0.1, 0.15) is 0 Å². The fraction of sp³-hybridized carbons (Fsp3) is 0.611. The summed E-state index contributed by atoms with van der Waals surface area (Å²) in [6, 6.07) is 7.95. The van der Waals surface area contributed by atoms with E-state index < -0.39 is 0 Å². The minimum atomic E-state index is -0.389. The zero-order chi connectivity index (χ0) is 16.3. The summed E-state index contributed by atoms with van der Waals surface area (Å²) >= 11 is 0. The molecule has 1 aliphatic rings. The highest BCUT2D eigenvalue weighted by Crippen LogP contribution is 2.24. The van der Waals surface area contributed by atoms with Crippen molar-refractivity contribution in [1.29, 1.82) is 0 Å². The number of aliphatic hydroxyl groups excluding tert-OH is 1. The maximum atomic E-state index is 12.6. The number of benzene rings is 1. The van der Waals surface area contributed by atoms with Crippen LogP contribution < -0.4 is 5.32 Å². The number of amides is 1. The Morgan fingerprint density at radius 2 is 2.14 bits per heavy atom. The van der Waals surface area contributed by atoms with Crippen LogP contribution in [0, 0.1) is 5.41 Å². The van der Waals surface area contributed by atoms with Gasteiger partial charge >= 0.3 is 0 Å². The highest BCUT2D eigenvalue weighted by molar-refractivity contribution is 5.95. The van der Waals surface area contributed by atoms with Gasteiger partial charge in [0.15, 0.2) is 0 Å². The lowest BCUT2D eigenvalue weighted by molar-refractivity contribution is 0.0474. The van der Waals surface area contributed by atoms with Crippen LogP contribution in [0.15, 0.2) is 24.3 Å². The monoisotopic (exact) mass is 304 g/mol. The first-order valence-corrected chi connectivity index (χ1v) is 8.11. The molecular weight excluding hydrogens is 276 g/mol. The van der Waals surface area contributed by atoms with Crippen LogP contribution in [-0.4, -0.2) is 41.1 Å². The van der Waals surface area contributed by atoms with Crippen LogP contribution in [0.25, 0.3) is 0 Å². The van der Waals surface area contributed by atoms with Crippen molar-refractivity contribution in [2.75, 3.05) is 18.4 Å². The average molecular weight is 304 g/mol. The van der Waals surface area contributed by atoms with Gasteiger partial charge < -0.3 is 15.3 Å². The van der Waals surface area contributed by atoms with E-state index in [9.17, 15) is 9.90 Å². The Hall–Kier alpha value is -1.55. The third-order valence-corrected chi connectivity index (χ3v) is 4.48. The number of piperidine rings is 1. The predicted octanol–water partition coefficient (Wildman–Crippen LogP) is 3.13. The molecular formula is C18H28N2O2. The van der Waals surface area contributed by atoms with E-state index in [0.29, 0.717) is 18.2 Å². The van der Waals surface area contributed by atoms with Gasteiger partial charge in [-0.25, -0.2) is 0 Å². The lowest BCUT2D eigenvalue weighted by atomic mass is 9.88. The van der Waals surface area contributed by atoms with Gasteiger partial charge in [0.25, 0.3) is 5.91 Å². The number of carbonyl (C=O) groups excluding carboxylic acids is 1. The summed E-state index contributed by atoms with van der Waals surface area (Å²) in [4.78, 5) is 14.3. The van der Waals surface area contributed by atoms with Crippen LogP contribution in [-0.2, 0) is 0 Å². The smallest absolute Gasteiger partial charge is 0.254 e. The number of aliphatic hydroxyl groups is 1. The van der Waals surface area contributed by atoms with Crippen molar-refractivity contribution in [2.45, 2.75) is 52.7 Å². The molecule has 1 heterocycles. The molecule has 1 aliphatic heterocycles. The van der Waals surface area contributed by atoms with E-state index in [1.54, 1.807) is 4.90 Å². The molecule has 1 aromatic carbocycles. The Bertz CT molecular complexity index is 522. The third kappa shape index (κ3) is 4.23. The summed E-state index contributed by atoms with van der Waals surface area (Å²) in [5.41, 5.74) is 1.79. The molecule has 2 N–H and O–H groups in total. The van der Waals surface area contributed by atoms with Crippen molar-refractivity contribution in [1.82, 2.24) is 4.90 Å². The standard InChI is InChI=1S/C18H28N2O2/c1-13(18(2,3)4)19-15-8-5-7-14(11-15)17(22)20-10-6-9-16(21)12-20/h5,7-8,11,13,16,19,21H,6,9-10,12H2,1-4H3. The summed E-state index contributed by atoms with van der Waals surface area (Å²) in [7, 11) is 0. The van der Waals surface area contributed by atoms with E-state index in [1.807, 2.05) is 24.3 Å². The number of carbonyl (C=O) groups is 1. The van der Waals surface area contributed by atoms with Gasteiger partial charge in [-0.3, -0.25) is 4.79 Å². The summed E-state index contributed by atoms with van der Waals surface area (Å²) < 4.78 is 0. The van der Waals surface area contributed by atoms with E-state index in [4.69, 9.17) is 0 Å². The van der Waals surface area contributed by atoms with E-state index in [-0.39, 0.29) is 17.4 Å². The van der Waals surface area contributed by atoms with Gasteiger partial charge in [-0.1, -0.05) is 26.8 Å². The van der Waals surface area contributed by atoms with E-state index >= 15 is 0 Å². The second-order valence-electron chi connectivity index (χ2n) is 7.36. The highest BCUT2D eigenvalue weighted by atomic mass is 16.3. The molecule has 0 aliphatic carbocycles. The minimum absolute atomic E-state index is 0.00538. The fourth-order valence-corrected chi connectivity index (χ4v) is 2.53. The van der Waals surface area contributed by atoms with Gasteiger partial charge in [-0.2, -0.15) is 0 Å². The van der Waals surface area contributed by atoms with E-state index in [1.165, 1.54) is 0 Å². The minimum Gasteiger partial charge on any atom is -0.391 e. The molecule has 1 fully saturated rings. The largest absolute Gasteiger partial charge is 0.391 e. The van der Waals surface area contributed by atoms with Gasteiger partial charge in [0.2, 0.25) is 0 Å². The molecule has 1 aromatic rings. The number of hydrogen-bond donors (Lipinski definition) is 2. The Balaban J connectivity index is 2.09. The number of rotatable bonds is 3. The zero-order valence-electron chi connectivity index (χ0n) is 14.1. The number of nitrogens with one attached hydrogen (secondary N) is 1. The number of hydrogen-bond acceptors (Lipinski definition) is 3. The molecule has 122 valence electrons. The molecule has 22 heavy (non-hydrogen) atoms.